The van der Waals surface area contributed by atoms with E-state index in [0.29, 0.717) is 5.54 Å². The standard InChI is InChI=1S/C21H37N5/c1-18-16-22-20(23-17-18)25-10-7-19(8-11-25)6-5-9-24-12-14-26(15-13-24)21(2,3)4/h16-17,19H,5-15H2,1-4H3. The maximum absolute atomic E-state index is 4.48. The van der Waals surface area contributed by atoms with Gasteiger partial charge < -0.3 is 9.80 Å². The highest BCUT2D eigenvalue weighted by atomic mass is 15.3. The molecule has 0 aromatic carbocycles. The summed E-state index contributed by atoms with van der Waals surface area (Å²) < 4.78 is 0. The van der Waals surface area contributed by atoms with E-state index in [-0.39, 0.29) is 0 Å². The van der Waals surface area contributed by atoms with Gasteiger partial charge in [0.2, 0.25) is 5.95 Å². The molecule has 2 aliphatic heterocycles. The lowest BCUT2D eigenvalue weighted by Crippen LogP contribution is -2.53. The number of nitrogens with zero attached hydrogens (tertiary/aromatic N) is 5. The van der Waals surface area contributed by atoms with Crippen LogP contribution in [0.15, 0.2) is 12.4 Å². The summed E-state index contributed by atoms with van der Waals surface area (Å²) in [6, 6.07) is 0. The van der Waals surface area contributed by atoms with Gasteiger partial charge in [0.15, 0.2) is 0 Å². The zero-order valence-electron chi connectivity index (χ0n) is 17.2. The van der Waals surface area contributed by atoms with Crippen LogP contribution in [0, 0.1) is 12.8 Å². The van der Waals surface area contributed by atoms with Crippen LogP contribution in [0.25, 0.3) is 0 Å². The molecule has 5 heteroatoms. The zero-order valence-corrected chi connectivity index (χ0v) is 17.2. The van der Waals surface area contributed by atoms with Gasteiger partial charge in [-0.05, 0) is 71.4 Å². The molecule has 0 N–H and O–H groups in total. The molecule has 3 heterocycles. The average molecular weight is 360 g/mol. The lowest BCUT2D eigenvalue weighted by molar-refractivity contribution is 0.0610. The smallest absolute Gasteiger partial charge is 0.225 e. The van der Waals surface area contributed by atoms with Crippen molar-refractivity contribution in [2.45, 2.75) is 58.9 Å². The maximum Gasteiger partial charge on any atom is 0.225 e. The van der Waals surface area contributed by atoms with Crippen molar-refractivity contribution in [1.82, 2.24) is 19.8 Å². The van der Waals surface area contributed by atoms with Crippen LogP contribution in [0.4, 0.5) is 5.95 Å². The van der Waals surface area contributed by atoms with Gasteiger partial charge in [-0.25, -0.2) is 9.97 Å². The summed E-state index contributed by atoms with van der Waals surface area (Å²) >= 11 is 0. The number of piperazine rings is 1. The van der Waals surface area contributed by atoms with Crippen LogP contribution in [0.3, 0.4) is 0 Å². The number of aryl methyl sites for hydroxylation is 1. The van der Waals surface area contributed by atoms with Gasteiger partial charge in [0.05, 0.1) is 0 Å². The molecule has 0 unspecified atom stereocenters. The first-order chi connectivity index (χ1) is 12.4. The second-order valence-electron chi connectivity index (χ2n) is 9.13. The van der Waals surface area contributed by atoms with Crippen molar-refractivity contribution < 1.29 is 0 Å². The van der Waals surface area contributed by atoms with Gasteiger partial charge in [0.1, 0.15) is 0 Å². The molecule has 0 bridgehead atoms. The van der Waals surface area contributed by atoms with Gasteiger partial charge in [0, 0.05) is 57.2 Å². The highest BCUT2D eigenvalue weighted by Crippen LogP contribution is 2.24. The third kappa shape index (κ3) is 5.40. The van der Waals surface area contributed by atoms with Gasteiger partial charge >= 0.3 is 0 Å². The quantitative estimate of drug-likeness (QED) is 0.807. The van der Waals surface area contributed by atoms with E-state index in [1.165, 1.54) is 58.4 Å². The molecule has 2 aliphatic rings. The average Bonchev–Trinajstić information content (AvgIpc) is 2.63. The van der Waals surface area contributed by atoms with Crippen LogP contribution in [0.2, 0.25) is 0 Å². The molecule has 0 saturated carbocycles. The molecule has 3 rings (SSSR count). The Morgan fingerprint density at radius 2 is 1.58 bits per heavy atom. The Bertz CT molecular complexity index is 535. The largest absolute Gasteiger partial charge is 0.341 e. The van der Waals surface area contributed by atoms with Crippen molar-refractivity contribution in [1.29, 1.82) is 0 Å². The normalized spacial score (nSPS) is 21.3. The second kappa shape index (κ2) is 8.66. The Morgan fingerprint density at radius 3 is 2.15 bits per heavy atom. The minimum absolute atomic E-state index is 0.321. The van der Waals surface area contributed by atoms with Crippen LogP contribution >= 0.6 is 0 Å². The minimum atomic E-state index is 0.321. The summed E-state index contributed by atoms with van der Waals surface area (Å²) in [4.78, 5) is 16.6. The molecule has 1 aromatic rings. The fourth-order valence-electron chi connectivity index (χ4n) is 4.22. The van der Waals surface area contributed by atoms with Crippen molar-refractivity contribution in [2.75, 3.05) is 50.7 Å². The molecule has 0 spiro atoms. The fourth-order valence-corrected chi connectivity index (χ4v) is 4.22. The molecule has 1 aromatic heterocycles. The first-order valence-corrected chi connectivity index (χ1v) is 10.4. The van der Waals surface area contributed by atoms with Crippen LogP contribution in [-0.2, 0) is 0 Å². The topological polar surface area (TPSA) is 35.5 Å². The number of aromatic nitrogens is 2. The summed E-state index contributed by atoms with van der Waals surface area (Å²) in [6.07, 6.45) is 9.15. The van der Waals surface area contributed by atoms with Gasteiger partial charge in [-0.3, -0.25) is 4.90 Å². The van der Waals surface area contributed by atoms with Crippen molar-refractivity contribution in [3.8, 4) is 0 Å². The Morgan fingerprint density at radius 1 is 0.962 bits per heavy atom. The Balaban J connectivity index is 1.32. The lowest BCUT2D eigenvalue weighted by Gasteiger charge is -2.42. The van der Waals surface area contributed by atoms with Gasteiger partial charge in [-0.2, -0.15) is 0 Å². The predicted molar refractivity (Wildman–Crippen MR) is 109 cm³/mol. The maximum atomic E-state index is 4.48. The zero-order chi connectivity index (χ0) is 18.6. The van der Waals surface area contributed by atoms with Crippen LogP contribution < -0.4 is 4.90 Å². The first-order valence-electron chi connectivity index (χ1n) is 10.4. The van der Waals surface area contributed by atoms with E-state index < -0.39 is 0 Å². The minimum Gasteiger partial charge on any atom is -0.341 e. The predicted octanol–water partition coefficient (Wildman–Crippen LogP) is 3.20. The molecular formula is C21H37N5. The van der Waals surface area contributed by atoms with Gasteiger partial charge in [-0.15, -0.1) is 0 Å². The summed E-state index contributed by atoms with van der Waals surface area (Å²) in [5, 5.41) is 0. The Hall–Kier alpha value is -1.20. The van der Waals surface area contributed by atoms with E-state index in [0.717, 1.165) is 30.5 Å². The Labute approximate surface area is 159 Å². The van der Waals surface area contributed by atoms with Gasteiger partial charge in [0.25, 0.3) is 0 Å². The van der Waals surface area contributed by atoms with Crippen molar-refractivity contribution in [2.24, 2.45) is 5.92 Å². The SMILES string of the molecule is Cc1cnc(N2CCC(CCCN3CCN(C(C)(C)C)CC3)CC2)nc1. The molecule has 0 amide bonds. The molecule has 26 heavy (non-hydrogen) atoms. The van der Waals surface area contributed by atoms with Crippen molar-refractivity contribution >= 4 is 5.95 Å². The van der Waals surface area contributed by atoms with E-state index >= 15 is 0 Å². The highest BCUT2D eigenvalue weighted by molar-refractivity contribution is 5.30. The van der Waals surface area contributed by atoms with Gasteiger partial charge in [-0.1, -0.05) is 0 Å². The van der Waals surface area contributed by atoms with E-state index in [2.05, 4.69) is 45.4 Å². The number of piperidine rings is 1. The number of hydrogen-bond donors (Lipinski definition) is 0. The Kier molecular flexibility index (Phi) is 6.51. The highest BCUT2D eigenvalue weighted by Gasteiger charge is 2.26. The second-order valence-corrected chi connectivity index (χ2v) is 9.13. The molecule has 2 fully saturated rings. The summed E-state index contributed by atoms with van der Waals surface area (Å²) in [6.45, 7) is 17.4. The van der Waals surface area contributed by atoms with E-state index in [4.69, 9.17) is 0 Å². The molecule has 5 nitrogen and oxygen atoms in total. The third-order valence-corrected chi connectivity index (χ3v) is 6.07. The summed E-state index contributed by atoms with van der Waals surface area (Å²) in [7, 11) is 0. The van der Waals surface area contributed by atoms with E-state index in [1.807, 2.05) is 19.3 Å². The summed E-state index contributed by atoms with van der Waals surface area (Å²) in [5.41, 5.74) is 1.45. The first kappa shape index (κ1) is 19.6. The van der Waals surface area contributed by atoms with Crippen LogP contribution in [-0.4, -0.2) is 71.1 Å². The molecule has 0 aliphatic carbocycles. The third-order valence-electron chi connectivity index (χ3n) is 6.07. The molecule has 0 atom stereocenters. The van der Waals surface area contributed by atoms with E-state index in [9.17, 15) is 0 Å². The number of anilines is 1. The molecular weight excluding hydrogens is 322 g/mol. The number of hydrogen-bond acceptors (Lipinski definition) is 5. The van der Waals surface area contributed by atoms with Crippen molar-refractivity contribution in [3.63, 3.8) is 0 Å². The molecule has 2 saturated heterocycles. The fraction of sp³-hybridized carbons (Fsp3) is 0.810. The molecule has 146 valence electrons. The van der Waals surface area contributed by atoms with E-state index in [1.54, 1.807) is 0 Å². The number of rotatable bonds is 5. The summed E-state index contributed by atoms with van der Waals surface area (Å²) in [5.74, 6) is 1.79. The monoisotopic (exact) mass is 359 g/mol. The van der Waals surface area contributed by atoms with Crippen LogP contribution in [0.1, 0.15) is 52.0 Å². The van der Waals surface area contributed by atoms with Crippen LogP contribution in [0.5, 0.6) is 0 Å². The molecule has 0 radical (unpaired) electrons. The van der Waals surface area contributed by atoms with Crippen molar-refractivity contribution in [3.05, 3.63) is 18.0 Å². The lowest BCUT2D eigenvalue weighted by atomic mass is 9.92.